The lowest BCUT2D eigenvalue weighted by molar-refractivity contribution is -0.115. The second-order valence-corrected chi connectivity index (χ2v) is 6.74. The Kier molecular flexibility index (Phi) is 5.19. The van der Waals surface area contributed by atoms with Crippen LogP contribution in [0.5, 0.6) is 5.75 Å². The van der Waals surface area contributed by atoms with Gasteiger partial charge in [0.15, 0.2) is 5.13 Å². The summed E-state index contributed by atoms with van der Waals surface area (Å²) < 4.78 is 6.72. The monoisotopic (exact) mass is 376 g/mol. The van der Waals surface area contributed by atoms with Gasteiger partial charge in [-0.15, -0.1) is 21.5 Å². The number of anilines is 2. The second kappa shape index (κ2) is 7.53. The fourth-order valence-corrected chi connectivity index (χ4v) is 3.87. The van der Waals surface area contributed by atoms with Crippen molar-refractivity contribution in [3.63, 3.8) is 0 Å². The van der Waals surface area contributed by atoms with E-state index >= 15 is 0 Å². The van der Waals surface area contributed by atoms with Crippen LogP contribution in [0, 0.1) is 0 Å². The number of methoxy groups -OCH3 is 1. The molecule has 0 aliphatic heterocycles. The number of hydrogen-bond acceptors (Lipinski definition) is 8. The molecule has 130 valence electrons. The molecular formula is C15H16N6O2S2. The number of rotatable bonds is 6. The van der Waals surface area contributed by atoms with E-state index in [1.807, 2.05) is 29.6 Å². The van der Waals surface area contributed by atoms with Crippen LogP contribution in [0.25, 0.3) is 0 Å². The Morgan fingerprint density at radius 3 is 2.92 bits per heavy atom. The normalized spacial score (nSPS) is 10.6. The first kappa shape index (κ1) is 17.2. The molecule has 0 aliphatic rings. The van der Waals surface area contributed by atoms with Gasteiger partial charge in [-0.3, -0.25) is 9.69 Å². The molecule has 0 saturated heterocycles. The Labute approximate surface area is 152 Å². The van der Waals surface area contributed by atoms with Gasteiger partial charge in [0, 0.05) is 18.1 Å². The molecule has 0 aliphatic carbocycles. The smallest absolute Gasteiger partial charge is 0.230 e. The van der Waals surface area contributed by atoms with E-state index in [9.17, 15) is 4.79 Å². The van der Waals surface area contributed by atoms with Gasteiger partial charge in [-0.05, 0) is 12.1 Å². The zero-order valence-corrected chi connectivity index (χ0v) is 15.3. The highest BCUT2D eigenvalue weighted by molar-refractivity contribution is 7.98. The average molecular weight is 376 g/mol. The van der Waals surface area contributed by atoms with E-state index in [-0.39, 0.29) is 5.91 Å². The summed E-state index contributed by atoms with van der Waals surface area (Å²) in [6.07, 6.45) is 1.44. The van der Waals surface area contributed by atoms with Crippen molar-refractivity contribution < 1.29 is 9.53 Å². The minimum atomic E-state index is -0.139. The predicted octanol–water partition coefficient (Wildman–Crippen LogP) is 2.43. The van der Waals surface area contributed by atoms with Crippen molar-refractivity contribution in [3.8, 4) is 5.75 Å². The lowest BCUT2D eigenvalue weighted by atomic mass is 10.2. The molecule has 3 rings (SSSR count). The molecule has 0 fully saturated rings. The van der Waals surface area contributed by atoms with Gasteiger partial charge in [-0.2, -0.15) is 0 Å². The Morgan fingerprint density at radius 1 is 1.44 bits per heavy atom. The van der Waals surface area contributed by atoms with E-state index in [4.69, 9.17) is 10.6 Å². The maximum absolute atomic E-state index is 12.2. The van der Waals surface area contributed by atoms with Crippen LogP contribution in [0.3, 0.4) is 0 Å². The van der Waals surface area contributed by atoms with Crippen LogP contribution in [0.4, 0.5) is 10.8 Å². The van der Waals surface area contributed by atoms with Crippen LogP contribution >= 0.6 is 23.1 Å². The standard InChI is InChI=1S/C15H16N6O2S2/c1-10(22)21(12-5-3-4-6-13(12)23-2)14-18-11(7-24-14)8-25-15-19-17-9-20(15)16/h3-7,9H,8,16H2,1-2H3. The van der Waals surface area contributed by atoms with E-state index in [0.29, 0.717) is 27.5 Å². The number of carbonyl (C=O) groups excluding carboxylic acids is 1. The van der Waals surface area contributed by atoms with Gasteiger partial charge in [0.25, 0.3) is 0 Å². The summed E-state index contributed by atoms with van der Waals surface area (Å²) in [5.74, 6) is 6.74. The van der Waals surface area contributed by atoms with Crippen molar-refractivity contribution in [2.45, 2.75) is 17.8 Å². The molecule has 2 heterocycles. The van der Waals surface area contributed by atoms with Crippen LogP contribution in [0.1, 0.15) is 12.6 Å². The van der Waals surface area contributed by atoms with Crippen LogP contribution in [0.15, 0.2) is 41.1 Å². The molecule has 1 aromatic carbocycles. The third kappa shape index (κ3) is 3.74. The van der Waals surface area contributed by atoms with Crippen LogP contribution in [0.2, 0.25) is 0 Å². The van der Waals surface area contributed by atoms with E-state index in [1.54, 1.807) is 12.0 Å². The minimum Gasteiger partial charge on any atom is -0.495 e. The number of carbonyl (C=O) groups is 1. The molecule has 8 nitrogen and oxygen atoms in total. The maximum atomic E-state index is 12.2. The Balaban J connectivity index is 1.83. The van der Waals surface area contributed by atoms with E-state index < -0.39 is 0 Å². The number of ether oxygens (including phenoxy) is 1. The van der Waals surface area contributed by atoms with Gasteiger partial charge in [0.05, 0.1) is 18.5 Å². The largest absolute Gasteiger partial charge is 0.495 e. The summed E-state index contributed by atoms with van der Waals surface area (Å²) in [7, 11) is 1.57. The molecular weight excluding hydrogens is 360 g/mol. The number of nitrogens with two attached hydrogens (primary N) is 1. The van der Waals surface area contributed by atoms with Crippen molar-refractivity contribution in [1.82, 2.24) is 19.9 Å². The molecule has 0 saturated carbocycles. The molecule has 10 heteroatoms. The summed E-state index contributed by atoms with van der Waals surface area (Å²) in [6.45, 7) is 1.50. The van der Waals surface area contributed by atoms with Crippen molar-refractivity contribution >= 4 is 39.8 Å². The molecule has 0 atom stereocenters. The highest BCUT2D eigenvalue weighted by Crippen LogP contribution is 2.36. The molecule has 2 aromatic heterocycles. The fraction of sp³-hybridized carbons (Fsp3) is 0.200. The van der Waals surface area contributed by atoms with Gasteiger partial charge >= 0.3 is 0 Å². The lowest BCUT2D eigenvalue weighted by Crippen LogP contribution is -2.23. The lowest BCUT2D eigenvalue weighted by Gasteiger charge is -2.20. The number of aromatic nitrogens is 4. The number of amides is 1. The summed E-state index contributed by atoms with van der Waals surface area (Å²) >= 11 is 2.82. The van der Waals surface area contributed by atoms with Gasteiger partial charge in [0.1, 0.15) is 12.1 Å². The first-order valence-electron chi connectivity index (χ1n) is 7.26. The zero-order chi connectivity index (χ0) is 17.8. The SMILES string of the molecule is COc1ccccc1N(C(C)=O)c1nc(CSc2nncn2N)cs1. The first-order valence-corrected chi connectivity index (χ1v) is 9.12. The summed E-state index contributed by atoms with van der Waals surface area (Å²) in [5.41, 5.74) is 1.49. The predicted molar refractivity (Wildman–Crippen MR) is 97.7 cm³/mol. The van der Waals surface area contributed by atoms with Crippen molar-refractivity contribution in [2.24, 2.45) is 0 Å². The third-order valence-electron chi connectivity index (χ3n) is 3.26. The Bertz CT molecular complexity index is 878. The third-order valence-corrected chi connectivity index (χ3v) is 5.13. The number of hydrogen-bond donors (Lipinski definition) is 1. The molecule has 25 heavy (non-hydrogen) atoms. The van der Waals surface area contributed by atoms with Gasteiger partial charge in [0.2, 0.25) is 11.1 Å². The Morgan fingerprint density at radius 2 is 2.24 bits per heavy atom. The van der Waals surface area contributed by atoms with Crippen molar-refractivity contribution in [3.05, 3.63) is 41.7 Å². The van der Waals surface area contributed by atoms with Crippen LogP contribution in [-0.2, 0) is 10.5 Å². The molecule has 0 unspecified atom stereocenters. The highest BCUT2D eigenvalue weighted by atomic mass is 32.2. The number of para-hydroxylation sites is 2. The summed E-state index contributed by atoms with van der Waals surface area (Å²) in [5, 5.41) is 10.7. The van der Waals surface area contributed by atoms with E-state index in [0.717, 1.165) is 5.69 Å². The zero-order valence-electron chi connectivity index (χ0n) is 13.6. The van der Waals surface area contributed by atoms with Gasteiger partial charge < -0.3 is 10.6 Å². The summed E-state index contributed by atoms with van der Waals surface area (Å²) in [6, 6.07) is 7.34. The van der Waals surface area contributed by atoms with Gasteiger partial charge in [-0.1, -0.05) is 23.9 Å². The molecule has 0 bridgehead atoms. The minimum absolute atomic E-state index is 0.139. The first-order chi connectivity index (χ1) is 12.1. The number of nitrogen functional groups attached to an aromatic ring is 1. The highest BCUT2D eigenvalue weighted by Gasteiger charge is 2.21. The number of nitrogens with zero attached hydrogens (tertiary/aromatic N) is 5. The van der Waals surface area contributed by atoms with E-state index in [2.05, 4.69) is 15.2 Å². The quantitative estimate of drug-likeness (QED) is 0.521. The number of thiazole rings is 1. The average Bonchev–Trinajstić information content (AvgIpc) is 3.22. The number of benzene rings is 1. The summed E-state index contributed by atoms with van der Waals surface area (Å²) in [4.78, 5) is 18.3. The van der Waals surface area contributed by atoms with Crippen LogP contribution in [-0.4, -0.2) is 32.9 Å². The molecule has 3 aromatic rings. The maximum Gasteiger partial charge on any atom is 0.230 e. The Hall–Kier alpha value is -2.59. The van der Waals surface area contributed by atoms with Crippen LogP contribution < -0.4 is 15.5 Å². The molecule has 1 amide bonds. The molecule has 0 spiro atoms. The van der Waals surface area contributed by atoms with E-state index in [1.165, 1.54) is 41.0 Å². The number of thioether (sulfide) groups is 1. The molecule has 2 N–H and O–H groups in total. The van der Waals surface area contributed by atoms with Gasteiger partial charge in [-0.25, -0.2) is 9.66 Å². The molecule has 0 radical (unpaired) electrons. The van der Waals surface area contributed by atoms with Crippen molar-refractivity contribution in [1.29, 1.82) is 0 Å². The van der Waals surface area contributed by atoms with Crippen molar-refractivity contribution in [2.75, 3.05) is 17.9 Å². The second-order valence-electron chi connectivity index (χ2n) is 4.96. The topological polar surface area (TPSA) is 99.2 Å². The fourth-order valence-electron chi connectivity index (χ4n) is 2.16.